The van der Waals surface area contributed by atoms with Gasteiger partial charge in [0.2, 0.25) is 0 Å². The van der Waals surface area contributed by atoms with Crippen LogP contribution >= 0.6 is 23.2 Å². The van der Waals surface area contributed by atoms with Gasteiger partial charge in [0, 0.05) is 0 Å². The number of rotatable bonds is 2. The maximum atomic E-state index is 5.71. The minimum absolute atomic E-state index is 0.675. The molecule has 0 amide bonds. The summed E-state index contributed by atoms with van der Waals surface area (Å²) in [6.45, 7) is 6.99. The lowest BCUT2D eigenvalue weighted by Gasteiger charge is -2.26. The maximum absolute atomic E-state index is 5.71. The fraction of sp³-hybridized carbons (Fsp3) is 1.00. The van der Waals surface area contributed by atoms with Crippen molar-refractivity contribution in [3.8, 4) is 0 Å². The molecule has 0 fully saturated rings. The molecule has 0 aromatic rings. The Bertz CT molecular complexity index is 76.2. The Morgan fingerprint density at radius 1 is 0.889 bits per heavy atom. The van der Waals surface area contributed by atoms with Crippen molar-refractivity contribution in [2.24, 2.45) is 0 Å². The number of ether oxygens (including phenoxy) is 1. The Balaban J connectivity index is 3.75. The van der Waals surface area contributed by atoms with E-state index >= 15 is 0 Å². The summed E-state index contributed by atoms with van der Waals surface area (Å²) in [4.78, 5) is 0. The summed E-state index contributed by atoms with van der Waals surface area (Å²) in [5.41, 5.74) is 0. The molecule has 1 nitrogen and oxygen atoms in total. The highest BCUT2D eigenvalue weighted by Crippen LogP contribution is 2.25. The molecule has 0 aliphatic heterocycles. The Morgan fingerprint density at radius 3 is 1.11 bits per heavy atom. The molecule has 0 aromatic carbocycles. The second kappa shape index (κ2) is 2.65. The lowest BCUT2D eigenvalue weighted by molar-refractivity contribution is -0.0260. The SMILES string of the molecule is CC(C)(Cl)OC(C)(C)Cl. The summed E-state index contributed by atoms with van der Waals surface area (Å²) >= 11 is 11.4. The van der Waals surface area contributed by atoms with Crippen LogP contribution in [0, 0.1) is 0 Å². The quantitative estimate of drug-likeness (QED) is 0.580. The molecule has 0 heterocycles. The third kappa shape index (κ3) is 8.54. The number of halogens is 2. The van der Waals surface area contributed by atoms with Gasteiger partial charge < -0.3 is 4.74 Å². The van der Waals surface area contributed by atoms with Gasteiger partial charge >= 0.3 is 0 Å². The summed E-state index contributed by atoms with van der Waals surface area (Å²) in [7, 11) is 0. The molecule has 56 valence electrons. The first-order valence-electron chi connectivity index (χ1n) is 2.79. The van der Waals surface area contributed by atoms with E-state index in [1.807, 2.05) is 0 Å². The lowest BCUT2D eigenvalue weighted by atomic mass is 10.4. The highest BCUT2D eigenvalue weighted by Gasteiger charge is 2.24. The first kappa shape index (κ1) is 9.54. The molecule has 0 rings (SSSR count). The average molecular weight is 171 g/mol. The van der Waals surface area contributed by atoms with Crippen molar-refractivity contribution >= 4 is 23.2 Å². The van der Waals surface area contributed by atoms with Crippen molar-refractivity contribution < 1.29 is 4.74 Å². The van der Waals surface area contributed by atoms with Crippen LogP contribution in [0.3, 0.4) is 0 Å². The van der Waals surface area contributed by atoms with Gasteiger partial charge in [-0.1, -0.05) is 23.2 Å². The Kier molecular flexibility index (Phi) is 2.81. The van der Waals surface area contributed by atoms with Crippen LogP contribution in [0.5, 0.6) is 0 Å². The van der Waals surface area contributed by atoms with Gasteiger partial charge in [0.25, 0.3) is 0 Å². The molecule has 0 aromatic heterocycles. The molecule has 0 spiro atoms. The predicted octanol–water partition coefficient (Wildman–Crippen LogP) is 2.95. The molecular weight excluding hydrogens is 159 g/mol. The highest BCUT2D eigenvalue weighted by atomic mass is 35.5. The van der Waals surface area contributed by atoms with Gasteiger partial charge in [0.05, 0.1) is 0 Å². The lowest BCUT2D eigenvalue weighted by Crippen LogP contribution is -2.27. The van der Waals surface area contributed by atoms with E-state index in [9.17, 15) is 0 Å². The maximum Gasteiger partial charge on any atom is 0.138 e. The first-order chi connectivity index (χ1) is 3.71. The number of alkyl halides is 2. The van der Waals surface area contributed by atoms with Crippen molar-refractivity contribution in [3.05, 3.63) is 0 Å². The molecular formula is C6H12Cl2O. The second-order valence-corrected chi connectivity index (χ2v) is 4.65. The van der Waals surface area contributed by atoms with E-state index in [4.69, 9.17) is 27.9 Å². The van der Waals surface area contributed by atoms with Crippen LogP contribution in [-0.4, -0.2) is 10.1 Å². The van der Waals surface area contributed by atoms with E-state index < -0.39 is 10.1 Å². The number of hydrogen-bond donors (Lipinski definition) is 0. The van der Waals surface area contributed by atoms with Gasteiger partial charge in [-0.2, -0.15) is 0 Å². The van der Waals surface area contributed by atoms with Gasteiger partial charge in [-0.3, -0.25) is 0 Å². The van der Waals surface area contributed by atoms with Crippen LogP contribution in [-0.2, 0) is 4.74 Å². The van der Waals surface area contributed by atoms with Crippen molar-refractivity contribution in [1.29, 1.82) is 0 Å². The van der Waals surface area contributed by atoms with Crippen LogP contribution in [0.15, 0.2) is 0 Å². The van der Waals surface area contributed by atoms with E-state index in [1.165, 1.54) is 0 Å². The smallest absolute Gasteiger partial charge is 0.138 e. The van der Waals surface area contributed by atoms with Crippen LogP contribution in [0.25, 0.3) is 0 Å². The summed E-state index contributed by atoms with van der Waals surface area (Å²) in [5, 5.41) is -1.35. The van der Waals surface area contributed by atoms with Gasteiger partial charge in [0.1, 0.15) is 10.1 Å². The third-order valence-corrected chi connectivity index (χ3v) is 0.640. The Hall–Kier alpha value is 0.540. The van der Waals surface area contributed by atoms with Crippen LogP contribution in [0.4, 0.5) is 0 Å². The van der Waals surface area contributed by atoms with E-state index in [0.717, 1.165) is 0 Å². The third-order valence-electron chi connectivity index (χ3n) is 0.485. The van der Waals surface area contributed by atoms with Gasteiger partial charge in [-0.05, 0) is 27.7 Å². The summed E-state index contributed by atoms with van der Waals surface area (Å²) in [6.07, 6.45) is 0. The zero-order valence-electron chi connectivity index (χ0n) is 6.16. The second-order valence-electron chi connectivity index (χ2n) is 2.83. The standard InChI is InChI=1S/C6H12Cl2O/c1-5(2,7)9-6(3,4)8/h1-4H3. The van der Waals surface area contributed by atoms with E-state index in [1.54, 1.807) is 27.7 Å². The fourth-order valence-electron chi connectivity index (χ4n) is 0.577. The summed E-state index contributed by atoms with van der Waals surface area (Å²) in [5.74, 6) is 0. The molecule has 0 aliphatic carbocycles. The van der Waals surface area contributed by atoms with E-state index in [2.05, 4.69) is 0 Å². The molecule has 9 heavy (non-hydrogen) atoms. The molecule has 0 N–H and O–H groups in total. The zero-order valence-corrected chi connectivity index (χ0v) is 7.68. The highest BCUT2D eigenvalue weighted by molar-refractivity contribution is 6.24. The Morgan fingerprint density at radius 2 is 1.11 bits per heavy atom. The molecule has 0 saturated carbocycles. The predicted molar refractivity (Wildman–Crippen MR) is 40.9 cm³/mol. The van der Waals surface area contributed by atoms with E-state index in [0.29, 0.717) is 0 Å². The average Bonchev–Trinajstić information content (AvgIpc) is 1.14. The summed E-state index contributed by atoms with van der Waals surface area (Å²) in [6, 6.07) is 0. The molecule has 0 saturated heterocycles. The van der Waals surface area contributed by atoms with Crippen LogP contribution in [0.1, 0.15) is 27.7 Å². The van der Waals surface area contributed by atoms with Gasteiger partial charge in [-0.15, -0.1) is 0 Å². The van der Waals surface area contributed by atoms with Gasteiger partial charge in [-0.25, -0.2) is 0 Å². The van der Waals surface area contributed by atoms with Crippen molar-refractivity contribution in [1.82, 2.24) is 0 Å². The van der Waals surface area contributed by atoms with Crippen molar-refractivity contribution in [2.75, 3.05) is 0 Å². The topological polar surface area (TPSA) is 9.23 Å². The largest absolute Gasteiger partial charge is 0.339 e. The Labute approximate surface area is 66.3 Å². The molecule has 0 radical (unpaired) electrons. The minimum atomic E-state index is -0.675. The molecule has 3 heteroatoms. The normalized spacial score (nSPS) is 14.0. The van der Waals surface area contributed by atoms with Crippen molar-refractivity contribution in [2.45, 2.75) is 37.8 Å². The molecule has 0 bridgehead atoms. The van der Waals surface area contributed by atoms with Crippen LogP contribution in [0.2, 0.25) is 0 Å². The molecule has 0 aliphatic rings. The summed E-state index contributed by atoms with van der Waals surface area (Å²) < 4.78 is 5.16. The van der Waals surface area contributed by atoms with Crippen molar-refractivity contribution in [3.63, 3.8) is 0 Å². The molecule has 0 unspecified atom stereocenters. The zero-order chi connectivity index (χ0) is 7.71. The van der Waals surface area contributed by atoms with Gasteiger partial charge in [0.15, 0.2) is 0 Å². The minimum Gasteiger partial charge on any atom is -0.339 e. The van der Waals surface area contributed by atoms with E-state index in [-0.39, 0.29) is 0 Å². The van der Waals surface area contributed by atoms with Crippen LogP contribution < -0.4 is 0 Å². The number of hydrogen-bond acceptors (Lipinski definition) is 1. The molecule has 0 atom stereocenters. The monoisotopic (exact) mass is 170 g/mol. The first-order valence-corrected chi connectivity index (χ1v) is 3.54. The fourth-order valence-corrected chi connectivity index (χ4v) is 1.00.